The van der Waals surface area contributed by atoms with Crippen LogP contribution in [0.2, 0.25) is 0 Å². The number of carbonyl (C=O) groups excluding carboxylic acids is 2. The molecule has 1 aliphatic rings. The topological polar surface area (TPSA) is 156 Å². The Morgan fingerprint density at radius 2 is 1.77 bits per heavy atom. The van der Waals surface area contributed by atoms with Crippen molar-refractivity contribution in [3.63, 3.8) is 0 Å². The number of nitrogens with one attached hydrogen (secondary N) is 1. The Balaban J connectivity index is 1.57. The first-order chi connectivity index (χ1) is 22.8. The van der Waals surface area contributed by atoms with Gasteiger partial charge in [0.1, 0.15) is 6.04 Å². The lowest BCUT2D eigenvalue weighted by Crippen LogP contribution is -2.57. The molecule has 3 aromatic rings. The smallest absolute Gasteiger partial charge is 0.321 e. The van der Waals surface area contributed by atoms with Crippen molar-refractivity contribution in [3.8, 4) is 0 Å². The van der Waals surface area contributed by atoms with Gasteiger partial charge in [0.25, 0.3) is 0 Å². The lowest BCUT2D eigenvalue weighted by molar-refractivity contribution is -0.128. The Hall–Kier alpha value is -3.85. The second-order valence-electron chi connectivity index (χ2n) is 12.8. The standard InChI is InChI=1S/C34H46N6O6S2/c1-23(2)19-39(48(45,46)29-13-11-27(12-14-29)18-35-44)21-31(41)30(17-26-9-7-6-8-10-26)37-33(42)32(24(3)4)40-16-15-38(34(40)43)20-28-22-47-25(5)36-28/h6-14,18,22-24,30-32,41,44H,15-17,19-21H2,1-5H3,(H,37,42)/b35-18+/t30-,31+,32?/m0/s1. The second-order valence-corrected chi connectivity index (χ2v) is 15.8. The van der Waals surface area contributed by atoms with E-state index in [1.165, 1.54) is 46.1 Å². The first-order valence-corrected chi connectivity index (χ1v) is 18.4. The Morgan fingerprint density at radius 1 is 1.08 bits per heavy atom. The minimum Gasteiger partial charge on any atom is -0.411 e. The van der Waals surface area contributed by atoms with E-state index in [0.29, 0.717) is 25.2 Å². The summed E-state index contributed by atoms with van der Waals surface area (Å²) in [5, 5.41) is 29.4. The van der Waals surface area contributed by atoms with E-state index in [9.17, 15) is 23.1 Å². The van der Waals surface area contributed by atoms with Gasteiger partial charge in [-0.2, -0.15) is 4.31 Å². The molecule has 1 aromatic heterocycles. The van der Waals surface area contributed by atoms with Gasteiger partial charge in [-0.15, -0.1) is 11.3 Å². The lowest BCUT2D eigenvalue weighted by Gasteiger charge is -2.34. The summed E-state index contributed by atoms with van der Waals surface area (Å²) >= 11 is 1.52. The summed E-state index contributed by atoms with van der Waals surface area (Å²) < 4.78 is 28.9. The van der Waals surface area contributed by atoms with Crippen molar-refractivity contribution in [2.75, 3.05) is 26.2 Å². The molecular formula is C34H46N6O6S2. The predicted molar refractivity (Wildman–Crippen MR) is 185 cm³/mol. The number of amides is 3. The van der Waals surface area contributed by atoms with Crippen LogP contribution in [0.15, 0.2) is 70.0 Å². The lowest BCUT2D eigenvalue weighted by atomic mass is 9.97. The summed E-state index contributed by atoms with van der Waals surface area (Å²) in [5.41, 5.74) is 2.18. The summed E-state index contributed by atoms with van der Waals surface area (Å²) in [7, 11) is -4.05. The number of urea groups is 1. The molecule has 3 amide bonds. The van der Waals surface area contributed by atoms with E-state index in [4.69, 9.17) is 5.21 Å². The van der Waals surface area contributed by atoms with Crippen LogP contribution in [0.25, 0.3) is 0 Å². The molecule has 48 heavy (non-hydrogen) atoms. The molecule has 4 rings (SSSR count). The first kappa shape index (κ1) is 37.0. The fraction of sp³-hybridized carbons (Fsp3) is 0.471. The van der Waals surface area contributed by atoms with Crippen LogP contribution in [0.4, 0.5) is 4.79 Å². The molecule has 1 unspecified atom stereocenters. The number of hydrogen-bond acceptors (Lipinski definition) is 9. The fourth-order valence-electron chi connectivity index (χ4n) is 5.86. The molecule has 260 valence electrons. The van der Waals surface area contributed by atoms with Crippen molar-refractivity contribution in [1.82, 2.24) is 24.4 Å². The molecule has 0 bridgehead atoms. The monoisotopic (exact) mass is 698 g/mol. The number of thiazole rings is 1. The van der Waals surface area contributed by atoms with Crippen LogP contribution in [-0.4, -0.2) is 100 Å². The third-order valence-electron chi connectivity index (χ3n) is 8.16. The van der Waals surface area contributed by atoms with Gasteiger partial charge in [0, 0.05) is 31.6 Å². The molecule has 2 heterocycles. The highest BCUT2D eigenvalue weighted by molar-refractivity contribution is 7.89. The van der Waals surface area contributed by atoms with Crippen LogP contribution >= 0.6 is 11.3 Å². The summed E-state index contributed by atoms with van der Waals surface area (Å²) in [4.78, 5) is 35.3. The zero-order valence-corrected chi connectivity index (χ0v) is 29.7. The molecule has 12 nitrogen and oxygen atoms in total. The average Bonchev–Trinajstić information content (AvgIpc) is 3.61. The normalized spacial score (nSPS) is 16.0. The van der Waals surface area contributed by atoms with Crippen molar-refractivity contribution >= 4 is 39.5 Å². The maximum absolute atomic E-state index is 14.1. The number of rotatable bonds is 16. The average molecular weight is 699 g/mol. The molecule has 0 spiro atoms. The van der Waals surface area contributed by atoms with E-state index in [-0.39, 0.29) is 42.3 Å². The molecule has 1 saturated heterocycles. The number of aliphatic hydroxyl groups excluding tert-OH is 1. The van der Waals surface area contributed by atoms with Crippen molar-refractivity contribution in [2.24, 2.45) is 17.0 Å². The SMILES string of the molecule is Cc1nc(CN2CCN(C(C(=O)N[C@@H](Cc3ccccc3)[C@H](O)CN(CC(C)C)S(=O)(=O)c3ccc(/C=N/O)cc3)C(C)C)C2=O)cs1. The molecule has 1 aliphatic heterocycles. The Morgan fingerprint density at radius 3 is 2.35 bits per heavy atom. The van der Waals surface area contributed by atoms with Gasteiger partial charge in [-0.05, 0) is 48.4 Å². The van der Waals surface area contributed by atoms with Crippen LogP contribution in [0.5, 0.6) is 0 Å². The van der Waals surface area contributed by atoms with Gasteiger partial charge in [0.15, 0.2) is 0 Å². The van der Waals surface area contributed by atoms with Crippen LogP contribution in [0, 0.1) is 18.8 Å². The molecular weight excluding hydrogens is 653 g/mol. The minimum atomic E-state index is -4.05. The molecule has 0 radical (unpaired) electrons. The number of benzene rings is 2. The number of aliphatic hydroxyl groups is 1. The number of aryl methyl sites for hydroxylation is 1. The molecule has 0 aliphatic carbocycles. The van der Waals surface area contributed by atoms with Gasteiger partial charge in [-0.25, -0.2) is 18.2 Å². The van der Waals surface area contributed by atoms with Crippen LogP contribution in [0.3, 0.4) is 0 Å². The van der Waals surface area contributed by atoms with Crippen molar-refractivity contribution in [2.45, 2.75) is 70.7 Å². The summed E-state index contributed by atoms with van der Waals surface area (Å²) in [5.74, 6) is -0.705. The summed E-state index contributed by atoms with van der Waals surface area (Å²) in [6, 6.07) is 13.3. The molecule has 1 fully saturated rings. The minimum absolute atomic E-state index is 0.0267. The molecule has 0 saturated carbocycles. The van der Waals surface area contributed by atoms with Crippen molar-refractivity contribution in [3.05, 3.63) is 81.8 Å². The molecule has 2 aromatic carbocycles. The zero-order chi connectivity index (χ0) is 35.0. The quantitative estimate of drug-likeness (QED) is 0.116. The van der Waals surface area contributed by atoms with E-state index in [0.717, 1.165) is 16.3 Å². The van der Waals surface area contributed by atoms with Crippen LogP contribution < -0.4 is 5.32 Å². The third kappa shape index (κ3) is 9.40. The second kappa shape index (κ2) is 16.5. The number of oxime groups is 1. The number of nitrogens with zero attached hydrogens (tertiary/aromatic N) is 5. The summed E-state index contributed by atoms with van der Waals surface area (Å²) in [6.45, 7) is 10.5. The highest BCUT2D eigenvalue weighted by Gasteiger charge is 2.40. The molecule has 3 N–H and O–H groups in total. The maximum atomic E-state index is 14.1. The third-order valence-corrected chi connectivity index (χ3v) is 10.8. The van der Waals surface area contributed by atoms with Crippen LogP contribution in [0.1, 0.15) is 49.5 Å². The molecule has 3 atom stereocenters. The fourth-order valence-corrected chi connectivity index (χ4v) is 8.09. The van der Waals surface area contributed by atoms with E-state index in [2.05, 4.69) is 15.5 Å². The Labute approximate surface area is 287 Å². The largest absolute Gasteiger partial charge is 0.411 e. The highest BCUT2D eigenvalue weighted by atomic mass is 32.2. The summed E-state index contributed by atoms with van der Waals surface area (Å²) in [6.07, 6.45) is 0.157. The van der Waals surface area contributed by atoms with E-state index >= 15 is 0 Å². The van der Waals surface area contributed by atoms with Gasteiger partial charge in [-0.1, -0.05) is 75.3 Å². The zero-order valence-electron chi connectivity index (χ0n) is 28.1. The number of hydrogen-bond donors (Lipinski definition) is 3. The number of carbonyl (C=O) groups is 2. The Bertz CT molecular complexity index is 1650. The van der Waals surface area contributed by atoms with Gasteiger partial charge >= 0.3 is 6.03 Å². The molecule has 14 heteroatoms. The number of aromatic nitrogens is 1. The van der Waals surface area contributed by atoms with Gasteiger partial charge in [-0.3, -0.25) is 4.79 Å². The van der Waals surface area contributed by atoms with Gasteiger partial charge < -0.3 is 25.4 Å². The predicted octanol–water partition coefficient (Wildman–Crippen LogP) is 3.96. The van der Waals surface area contributed by atoms with Gasteiger partial charge in [0.05, 0.1) is 40.5 Å². The first-order valence-electron chi connectivity index (χ1n) is 16.1. The van der Waals surface area contributed by atoms with Crippen molar-refractivity contribution in [1.29, 1.82) is 0 Å². The van der Waals surface area contributed by atoms with Crippen LogP contribution in [-0.2, 0) is 27.8 Å². The Kier molecular flexibility index (Phi) is 12.7. The van der Waals surface area contributed by atoms with Gasteiger partial charge in [0.2, 0.25) is 15.9 Å². The highest BCUT2D eigenvalue weighted by Crippen LogP contribution is 2.23. The number of sulfonamides is 1. The van der Waals surface area contributed by atoms with E-state index < -0.39 is 34.1 Å². The van der Waals surface area contributed by atoms with Crippen molar-refractivity contribution < 1.29 is 28.3 Å². The van der Waals surface area contributed by atoms with E-state index in [1.807, 2.05) is 70.3 Å². The maximum Gasteiger partial charge on any atom is 0.321 e. The van der Waals surface area contributed by atoms with E-state index in [1.54, 1.807) is 9.80 Å².